The van der Waals surface area contributed by atoms with Crippen LogP contribution in [0.25, 0.3) is 0 Å². The average molecular weight is 294 g/mol. The van der Waals surface area contributed by atoms with E-state index in [-0.39, 0.29) is 12.7 Å². The lowest BCUT2D eigenvalue weighted by Gasteiger charge is -2.09. The number of ether oxygens (including phenoxy) is 2. The summed E-state index contributed by atoms with van der Waals surface area (Å²) in [6.07, 6.45) is 3.33. The minimum absolute atomic E-state index is 0.192. The SMILES string of the molecule is CCCCCNC(=S)NC(=O)c1ccc2c(c1)OCO2. The summed E-state index contributed by atoms with van der Waals surface area (Å²) in [5, 5.41) is 6.01. The van der Waals surface area contributed by atoms with Gasteiger partial charge in [-0.15, -0.1) is 0 Å². The van der Waals surface area contributed by atoms with E-state index in [9.17, 15) is 4.79 Å². The Labute approximate surface area is 123 Å². The zero-order chi connectivity index (χ0) is 14.4. The van der Waals surface area contributed by atoms with Gasteiger partial charge in [0.2, 0.25) is 6.79 Å². The molecule has 0 bridgehead atoms. The Kier molecular flexibility index (Phi) is 5.17. The zero-order valence-corrected chi connectivity index (χ0v) is 12.2. The van der Waals surface area contributed by atoms with Gasteiger partial charge in [0.25, 0.3) is 5.91 Å². The van der Waals surface area contributed by atoms with E-state index in [1.54, 1.807) is 18.2 Å². The lowest BCUT2D eigenvalue weighted by atomic mass is 10.2. The van der Waals surface area contributed by atoms with Gasteiger partial charge in [-0.3, -0.25) is 10.1 Å². The van der Waals surface area contributed by atoms with Gasteiger partial charge in [-0.2, -0.15) is 0 Å². The molecule has 1 aliphatic rings. The lowest BCUT2D eigenvalue weighted by Crippen LogP contribution is -2.39. The van der Waals surface area contributed by atoms with Crippen molar-refractivity contribution < 1.29 is 14.3 Å². The predicted molar refractivity (Wildman–Crippen MR) is 80.2 cm³/mol. The molecular formula is C14H18N2O3S. The molecule has 0 atom stereocenters. The fourth-order valence-corrected chi connectivity index (χ4v) is 2.03. The Balaban J connectivity index is 1.84. The van der Waals surface area contributed by atoms with Crippen molar-refractivity contribution in [3.05, 3.63) is 23.8 Å². The fraction of sp³-hybridized carbons (Fsp3) is 0.429. The molecule has 6 heteroatoms. The molecule has 1 heterocycles. The smallest absolute Gasteiger partial charge is 0.257 e. The molecular weight excluding hydrogens is 276 g/mol. The number of carbonyl (C=O) groups excluding carboxylic acids is 1. The lowest BCUT2D eigenvalue weighted by molar-refractivity contribution is 0.0976. The van der Waals surface area contributed by atoms with Crippen molar-refractivity contribution in [2.24, 2.45) is 0 Å². The highest BCUT2D eigenvalue weighted by molar-refractivity contribution is 7.80. The Bertz CT molecular complexity index is 505. The molecule has 1 amide bonds. The molecule has 2 rings (SSSR count). The number of fused-ring (bicyclic) bond motifs is 1. The summed E-state index contributed by atoms with van der Waals surface area (Å²) >= 11 is 5.08. The third kappa shape index (κ3) is 3.84. The first kappa shape index (κ1) is 14.6. The first-order valence-corrected chi connectivity index (χ1v) is 7.10. The number of carbonyl (C=O) groups is 1. The molecule has 0 aromatic heterocycles. The van der Waals surface area contributed by atoms with Gasteiger partial charge in [0.1, 0.15) is 0 Å². The summed E-state index contributed by atoms with van der Waals surface area (Å²) in [4.78, 5) is 12.0. The van der Waals surface area contributed by atoms with Crippen molar-refractivity contribution in [1.29, 1.82) is 0 Å². The highest BCUT2D eigenvalue weighted by atomic mass is 32.1. The van der Waals surface area contributed by atoms with Crippen LogP contribution >= 0.6 is 12.2 Å². The van der Waals surface area contributed by atoms with E-state index in [4.69, 9.17) is 21.7 Å². The number of amides is 1. The molecule has 1 aromatic rings. The molecule has 20 heavy (non-hydrogen) atoms. The third-order valence-corrected chi connectivity index (χ3v) is 3.17. The maximum atomic E-state index is 12.0. The third-order valence-electron chi connectivity index (χ3n) is 2.93. The van der Waals surface area contributed by atoms with Crippen molar-refractivity contribution in [3.63, 3.8) is 0 Å². The number of benzene rings is 1. The van der Waals surface area contributed by atoms with Gasteiger partial charge in [-0.05, 0) is 36.8 Å². The number of nitrogens with one attached hydrogen (secondary N) is 2. The second-order valence-electron chi connectivity index (χ2n) is 4.49. The zero-order valence-electron chi connectivity index (χ0n) is 11.4. The number of hydrogen-bond donors (Lipinski definition) is 2. The van der Waals surface area contributed by atoms with E-state index in [1.165, 1.54) is 0 Å². The van der Waals surface area contributed by atoms with Crippen molar-refractivity contribution in [3.8, 4) is 11.5 Å². The van der Waals surface area contributed by atoms with Crippen LogP contribution in [0, 0.1) is 0 Å². The Hall–Kier alpha value is -1.82. The molecule has 1 aliphatic heterocycles. The molecule has 0 saturated heterocycles. The van der Waals surface area contributed by atoms with Gasteiger partial charge in [0.15, 0.2) is 16.6 Å². The second-order valence-corrected chi connectivity index (χ2v) is 4.89. The van der Waals surface area contributed by atoms with Gasteiger partial charge in [-0.25, -0.2) is 0 Å². The van der Waals surface area contributed by atoms with Crippen LogP contribution in [0.3, 0.4) is 0 Å². The first-order valence-electron chi connectivity index (χ1n) is 6.69. The molecule has 0 unspecified atom stereocenters. The van der Waals surface area contributed by atoms with Crippen LogP contribution < -0.4 is 20.1 Å². The van der Waals surface area contributed by atoms with Crippen LogP contribution in [-0.4, -0.2) is 24.4 Å². The average Bonchev–Trinajstić information content (AvgIpc) is 2.90. The highest BCUT2D eigenvalue weighted by Crippen LogP contribution is 2.32. The summed E-state index contributed by atoms with van der Waals surface area (Å²) in [5.41, 5.74) is 0.493. The Morgan fingerprint density at radius 2 is 2.10 bits per heavy atom. The highest BCUT2D eigenvalue weighted by Gasteiger charge is 2.16. The van der Waals surface area contributed by atoms with Gasteiger partial charge in [-0.1, -0.05) is 19.8 Å². The number of unbranched alkanes of at least 4 members (excludes halogenated alkanes) is 2. The molecule has 1 aromatic carbocycles. The second kappa shape index (κ2) is 7.09. The number of rotatable bonds is 5. The minimum atomic E-state index is -0.253. The maximum Gasteiger partial charge on any atom is 0.257 e. The molecule has 0 aliphatic carbocycles. The van der Waals surface area contributed by atoms with Crippen molar-refractivity contribution in [1.82, 2.24) is 10.6 Å². The Morgan fingerprint density at radius 1 is 1.30 bits per heavy atom. The van der Waals surface area contributed by atoms with Gasteiger partial charge in [0.05, 0.1) is 0 Å². The largest absolute Gasteiger partial charge is 0.454 e. The summed E-state index contributed by atoms with van der Waals surface area (Å²) < 4.78 is 10.4. The summed E-state index contributed by atoms with van der Waals surface area (Å²) in [5.74, 6) is 0.984. The molecule has 5 nitrogen and oxygen atoms in total. The molecule has 0 spiro atoms. The van der Waals surface area contributed by atoms with Gasteiger partial charge in [0, 0.05) is 12.1 Å². The fourth-order valence-electron chi connectivity index (χ4n) is 1.83. The summed E-state index contributed by atoms with van der Waals surface area (Å²) in [6, 6.07) is 5.05. The van der Waals surface area contributed by atoms with E-state index in [0.717, 1.165) is 25.8 Å². The van der Waals surface area contributed by atoms with E-state index in [2.05, 4.69) is 17.6 Å². The van der Waals surface area contributed by atoms with E-state index < -0.39 is 0 Å². The van der Waals surface area contributed by atoms with Gasteiger partial charge < -0.3 is 14.8 Å². The molecule has 108 valence electrons. The molecule has 0 fully saturated rings. The van der Waals surface area contributed by atoms with Crippen LogP contribution in [0.1, 0.15) is 36.5 Å². The van der Waals surface area contributed by atoms with Gasteiger partial charge >= 0.3 is 0 Å². The summed E-state index contributed by atoms with van der Waals surface area (Å²) in [7, 11) is 0. The van der Waals surface area contributed by atoms with E-state index in [1.807, 2.05) is 0 Å². The van der Waals surface area contributed by atoms with E-state index >= 15 is 0 Å². The Morgan fingerprint density at radius 3 is 2.90 bits per heavy atom. The predicted octanol–water partition coefficient (Wildman–Crippen LogP) is 2.21. The van der Waals surface area contributed by atoms with Crippen molar-refractivity contribution in [2.75, 3.05) is 13.3 Å². The van der Waals surface area contributed by atoms with E-state index in [0.29, 0.717) is 22.2 Å². The molecule has 0 radical (unpaired) electrons. The van der Waals surface area contributed by atoms with Crippen LogP contribution in [-0.2, 0) is 0 Å². The maximum absolute atomic E-state index is 12.0. The van der Waals surface area contributed by atoms with Crippen molar-refractivity contribution in [2.45, 2.75) is 26.2 Å². The molecule has 0 saturated carbocycles. The molecule has 2 N–H and O–H groups in total. The number of hydrogen-bond acceptors (Lipinski definition) is 4. The van der Waals surface area contributed by atoms with Crippen LogP contribution in [0.4, 0.5) is 0 Å². The topological polar surface area (TPSA) is 59.6 Å². The van der Waals surface area contributed by atoms with Crippen LogP contribution in [0.15, 0.2) is 18.2 Å². The first-order chi connectivity index (χ1) is 9.70. The standard InChI is InChI=1S/C14H18N2O3S/c1-2-3-4-7-15-14(20)16-13(17)10-5-6-11-12(8-10)19-9-18-11/h5-6,8H,2-4,7,9H2,1H3,(H2,15,16,17,20). The summed E-state index contributed by atoms with van der Waals surface area (Å²) in [6.45, 7) is 3.10. The van der Waals surface area contributed by atoms with Crippen LogP contribution in [0.5, 0.6) is 11.5 Å². The van der Waals surface area contributed by atoms with Crippen LogP contribution in [0.2, 0.25) is 0 Å². The minimum Gasteiger partial charge on any atom is -0.454 e. The quantitative estimate of drug-likeness (QED) is 0.644. The normalized spacial score (nSPS) is 12.1. The number of thiocarbonyl (C=S) groups is 1. The van der Waals surface area contributed by atoms with Crippen molar-refractivity contribution >= 4 is 23.2 Å². The monoisotopic (exact) mass is 294 g/mol.